The molecule has 1 fully saturated rings. The molecule has 0 atom stereocenters. The fourth-order valence-electron chi connectivity index (χ4n) is 1.39. The molecule has 1 aromatic heterocycles. The third-order valence-corrected chi connectivity index (χ3v) is 2.91. The first-order valence-electron chi connectivity index (χ1n) is 4.39. The summed E-state index contributed by atoms with van der Waals surface area (Å²) >= 11 is 8.35. The summed E-state index contributed by atoms with van der Waals surface area (Å²) in [5.74, 6) is 0.909. The highest BCUT2D eigenvalue weighted by molar-refractivity contribution is 9.10. The molecular weight excluding hydrogens is 262 g/mol. The Labute approximate surface area is 96.4 Å². The summed E-state index contributed by atoms with van der Waals surface area (Å²) in [7, 11) is 0. The van der Waals surface area contributed by atoms with E-state index in [0.29, 0.717) is 4.99 Å². The summed E-state index contributed by atoms with van der Waals surface area (Å²) < 4.78 is 0.907. The zero-order valence-electron chi connectivity index (χ0n) is 7.53. The van der Waals surface area contributed by atoms with Gasteiger partial charge in [-0.1, -0.05) is 12.2 Å². The average molecular weight is 272 g/mol. The monoisotopic (exact) mass is 271 g/mol. The molecule has 14 heavy (non-hydrogen) atoms. The van der Waals surface area contributed by atoms with Gasteiger partial charge < -0.3 is 10.6 Å². The zero-order chi connectivity index (χ0) is 10.1. The summed E-state index contributed by atoms with van der Waals surface area (Å²) in [6.07, 6.45) is 2.99. The van der Waals surface area contributed by atoms with Crippen LogP contribution in [0.4, 0.5) is 5.82 Å². The maximum absolute atomic E-state index is 5.64. The van der Waals surface area contributed by atoms with E-state index in [9.17, 15) is 0 Å². The van der Waals surface area contributed by atoms with Crippen LogP contribution < -0.4 is 10.6 Å². The van der Waals surface area contributed by atoms with Crippen molar-refractivity contribution >= 4 is 39.0 Å². The van der Waals surface area contributed by atoms with E-state index >= 15 is 0 Å². The van der Waals surface area contributed by atoms with Gasteiger partial charge in [-0.2, -0.15) is 0 Å². The molecule has 0 bridgehead atoms. The largest absolute Gasteiger partial charge is 0.389 e. The standard InChI is InChI=1S/C9H10BrN3S/c10-6-4-7(8(11)14)9(12-5-6)13-2-1-3-13/h4-5H,1-3H2,(H2,11,14). The van der Waals surface area contributed by atoms with Crippen LogP contribution >= 0.6 is 28.1 Å². The summed E-state index contributed by atoms with van der Waals surface area (Å²) in [6, 6.07) is 1.92. The summed E-state index contributed by atoms with van der Waals surface area (Å²) in [4.78, 5) is 6.92. The Morgan fingerprint density at radius 1 is 1.57 bits per heavy atom. The van der Waals surface area contributed by atoms with Gasteiger partial charge in [0.25, 0.3) is 0 Å². The molecule has 1 aromatic rings. The van der Waals surface area contributed by atoms with Gasteiger partial charge in [-0.05, 0) is 28.4 Å². The van der Waals surface area contributed by atoms with E-state index < -0.39 is 0 Å². The van der Waals surface area contributed by atoms with E-state index in [1.165, 1.54) is 6.42 Å². The smallest absolute Gasteiger partial charge is 0.138 e. The third-order valence-electron chi connectivity index (χ3n) is 2.25. The van der Waals surface area contributed by atoms with Crippen molar-refractivity contribution in [1.29, 1.82) is 0 Å². The zero-order valence-corrected chi connectivity index (χ0v) is 9.94. The normalized spacial score (nSPS) is 15.1. The van der Waals surface area contributed by atoms with Gasteiger partial charge in [0.15, 0.2) is 0 Å². The lowest BCUT2D eigenvalue weighted by atomic mass is 10.1. The molecule has 2 N–H and O–H groups in total. The molecule has 0 aliphatic carbocycles. The van der Waals surface area contributed by atoms with E-state index in [1.807, 2.05) is 6.07 Å². The molecular formula is C9H10BrN3S. The Hall–Kier alpha value is -0.680. The van der Waals surface area contributed by atoms with Gasteiger partial charge in [0, 0.05) is 23.8 Å². The van der Waals surface area contributed by atoms with Crippen LogP contribution in [0, 0.1) is 0 Å². The van der Waals surface area contributed by atoms with Crippen molar-refractivity contribution in [3.8, 4) is 0 Å². The summed E-state index contributed by atoms with van der Waals surface area (Å²) in [5.41, 5.74) is 6.50. The number of thiocarbonyl (C=S) groups is 1. The van der Waals surface area contributed by atoms with Crippen LogP contribution in [0.15, 0.2) is 16.7 Å². The van der Waals surface area contributed by atoms with E-state index in [-0.39, 0.29) is 0 Å². The molecule has 0 aromatic carbocycles. The second-order valence-electron chi connectivity index (χ2n) is 3.23. The number of halogens is 1. The molecule has 0 spiro atoms. The first-order valence-corrected chi connectivity index (χ1v) is 5.59. The van der Waals surface area contributed by atoms with Gasteiger partial charge in [0.2, 0.25) is 0 Å². The van der Waals surface area contributed by atoms with Crippen molar-refractivity contribution in [3.63, 3.8) is 0 Å². The Morgan fingerprint density at radius 3 is 2.79 bits per heavy atom. The van der Waals surface area contributed by atoms with Gasteiger partial charge in [-0.15, -0.1) is 0 Å². The van der Waals surface area contributed by atoms with Crippen molar-refractivity contribution in [2.24, 2.45) is 5.73 Å². The van der Waals surface area contributed by atoms with Crippen LogP contribution in [0.3, 0.4) is 0 Å². The number of nitrogens with two attached hydrogens (primary N) is 1. The van der Waals surface area contributed by atoms with Gasteiger partial charge in [-0.3, -0.25) is 0 Å². The lowest BCUT2D eigenvalue weighted by Gasteiger charge is -2.33. The van der Waals surface area contributed by atoms with Gasteiger partial charge >= 0.3 is 0 Å². The van der Waals surface area contributed by atoms with Crippen molar-refractivity contribution in [2.75, 3.05) is 18.0 Å². The molecule has 74 valence electrons. The molecule has 1 saturated heterocycles. The highest BCUT2D eigenvalue weighted by Crippen LogP contribution is 2.24. The number of hydrogen-bond acceptors (Lipinski definition) is 3. The van der Waals surface area contributed by atoms with Crippen LogP contribution in [0.2, 0.25) is 0 Å². The number of rotatable bonds is 2. The Balaban J connectivity index is 2.41. The number of aromatic nitrogens is 1. The lowest BCUT2D eigenvalue weighted by Crippen LogP contribution is -2.39. The predicted octanol–water partition coefficient (Wildman–Crippen LogP) is 1.69. The first kappa shape index (κ1) is 9.86. The molecule has 1 aliphatic heterocycles. The fraction of sp³-hybridized carbons (Fsp3) is 0.333. The highest BCUT2D eigenvalue weighted by Gasteiger charge is 2.20. The molecule has 0 unspecified atom stereocenters. The van der Waals surface area contributed by atoms with Gasteiger partial charge in [0.05, 0.1) is 5.56 Å². The van der Waals surface area contributed by atoms with E-state index in [4.69, 9.17) is 18.0 Å². The van der Waals surface area contributed by atoms with Crippen molar-refractivity contribution in [2.45, 2.75) is 6.42 Å². The molecule has 0 saturated carbocycles. The summed E-state index contributed by atoms with van der Waals surface area (Å²) in [6.45, 7) is 2.09. The lowest BCUT2D eigenvalue weighted by molar-refractivity contribution is 0.609. The van der Waals surface area contributed by atoms with Gasteiger partial charge in [0.1, 0.15) is 10.8 Å². The average Bonchev–Trinajstić information content (AvgIpc) is 2.04. The van der Waals surface area contributed by atoms with Crippen molar-refractivity contribution in [3.05, 3.63) is 22.3 Å². The third kappa shape index (κ3) is 1.74. The molecule has 2 rings (SSSR count). The molecule has 1 aliphatic rings. The molecule has 0 radical (unpaired) electrons. The Bertz CT molecular complexity index is 376. The minimum atomic E-state index is 0.403. The maximum atomic E-state index is 5.64. The first-order chi connectivity index (χ1) is 6.68. The van der Waals surface area contributed by atoms with E-state index in [2.05, 4.69) is 25.8 Å². The second kappa shape index (κ2) is 3.82. The minimum Gasteiger partial charge on any atom is -0.389 e. The second-order valence-corrected chi connectivity index (χ2v) is 4.59. The van der Waals surface area contributed by atoms with Crippen LogP contribution in [-0.2, 0) is 0 Å². The fourth-order valence-corrected chi connectivity index (χ4v) is 1.87. The minimum absolute atomic E-state index is 0.403. The molecule has 0 amide bonds. The SMILES string of the molecule is NC(=S)c1cc(Br)cnc1N1CCC1. The number of anilines is 1. The molecule has 5 heteroatoms. The number of hydrogen-bond donors (Lipinski definition) is 1. The maximum Gasteiger partial charge on any atom is 0.138 e. The number of nitrogens with zero attached hydrogens (tertiary/aromatic N) is 2. The van der Waals surface area contributed by atoms with Crippen molar-refractivity contribution in [1.82, 2.24) is 4.98 Å². The topological polar surface area (TPSA) is 42.1 Å². The van der Waals surface area contributed by atoms with Crippen molar-refractivity contribution < 1.29 is 0 Å². The molecule has 3 nitrogen and oxygen atoms in total. The van der Waals surface area contributed by atoms with Crippen LogP contribution in [0.1, 0.15) is 12.0 Å². The predicted molar refractivity (Wildman–Crippen MR) is 64.7 cm³/mol. The quantitative estimate of drug-likeness (QED) is 0.832. The molecule has 2 heterocycles. The Morgan fingerprint density at radius 2 is 2.29 bits per heavy atom. The Kier molecular flexibility index (Phi) is 2.69. The highest BCUT2D eigenvalue weighted by atomic mass is 79.9. The van der Waals surface area contributed by atoms with E-state index in [1.54, 1.807) is 6.20 Å². The van der Waals surface area contributed by atoms with Gasteiger partial charge in [-0.25, -0.2) is 4.98 Å². The van der Waals surface area contributed by atoms with Crippen LogP contribution in [0.25, 0.3) is 0 Å². The van der Waals surface area contributed by atoms with Crippen LogP contribution in [0.5, 0.6) is 0 Å². The van der Waals surface area contributed by atoms with E-state index in [0.717, 1.165) is 28.9 Å². The van der Waals surface area contributed by atoms with Crippen LogP contribution in [-0.4, -0.2) is 23.1 Å². The number of pyridine rings is 1. The summed E-state index contributed by atoms with van der Waals surface area (Å²) in [5, 5.41) is 0.